The molecule has 1 amide bonds. The first kappa shape index (κ1) is 19.4. The lowest BCUT2D eigenvalue weighted by molar-refractivity contribution is -0.0831. The highest BCUT2D eigenvalue weighted by molar-refractivity contribution is 5.65. The minimum absolute atomic E-state index is 0.252. The molecule has 3 atom stereocenters. The van der Waals surface area contributed by atoms with E-state index < -0.39 is 6.09 Å². The quantitative estimate of drug-likeness (QED) is 0.787. The first-order chi connectivity index (χ1) is 14.1. The molecule has 2 aliphatic heterocycles. The molecule has 29 heavy (non-hydrogen) atoms. The molecule has 0 radical (unpaired) electrons. The number of piperidine rings is 1. The van der Waals surface area contributed by atoms with Gasteiger partial charge in [0.2, 0.25) is 0 Å². The van der Waals surface area contributed by atoms with Gasteiger partial charge in [-0.3, -0.25) is 9.80 Å². The van der Waals surface area contributed by atoms with Crippen molar-refractivity contribution in [2.24, 2.45) is 11.3 Å². The summed E-state index contributed by atoms with van der Waals surface area (Å²) in [6.45, 7) is 7.03. The summed E-state index contributed by atoms with van der Waals surface area (Å²) in [6.07, 6.45) is 9.44. The molecule has 2 aliphatic carbocycles. The Morgan fingerprint density at radius 3 is 2.62 bits per heavy atom. The van der Waals surface area contributed by atoms with Gasteiger partial charge in [-0.25, -0.2) is 4.79 Å². The number of likely N-dealkylation sites (tertiary alicyclic amines) is 2. The van der Waals surface area contributed by atoms with Gasteiger partial charge in [0.1, 0.15) is 6.26 Å². The average Bonchev–Trinajstić information content (AvgIpc) is 3.22. The molecule has 2 saturated heterocycles. The monoisotopic (exact) mass is 402 g/mol. The summed E-state index contributed by atoms with van der Waals surface area (Å²) in [7, 11) is 0. The first-order valence-electron chi connectivity index (χ1n) is 11.5. The largest absolute Gasteiger partial charge is 0.465 e. The molecule has 3 heterocycles. The van der Waals surface area contributed by atoms with Crippen molar-refractivity contribution in [3.63, 3.8) is 0 Å². The van der Waals surface area contributed by atoms with Crippen molar-refractivity contribution < 1.29 is 14.4 Å². The number of rotatable bonds is 6. The van der Waals surface area contributed by atoms with Crippen molar-refractivity contribution in [3.05, 3.63) is 18.0 Å². The lowest BCUT2D eigenvalue weighted by Crippen LogP contribution is -2.62. The van der Waals surface area contributed by atoms with Gasteiger partial charge >= 0.3 is 6.09 Å². The fraction of sp³-hybridized carbons (Fsp3) is 0.818. The van der Waals surface area contributed by atoms with Gasteiger partial charge in [0.25, 0.3) is 0 Å². The van der Waals surface area contributed by atoms with Crippen LogP contribution in [0, 0.1) is 11.3 Å². The van der Waals surface area contributed by atoms with Crippen molar-refractivity contribution in [2.45, 2.75) is 76.5 Å². The highest BCUT2D eigenvalue weighted by Gasteiger charge is 2.58. The maximum atomic E-state index is 11.4. The van der Waals surface area contributed by atoms with Crippen molar-refractivity contribution in [3.8, 4) is 0 Å². The zero-order valence-corrected chi connectivity index (χ0v) is 17.5. The molecule has 7 nitrogen and oxygen atoms in total. The van der Waals surface area contributed by atoms with E-state index in [9.17, 15) is 9.90 Å². The number of carboxylic acid groups (broad SMARTS) is 1. The van der Waals surface area contributed by atoms with E-state index in [0.717, 1.165) is 37.8 Å². The predicted molar refractivity (Wildman–Crippen MR) is 108 cm³/mol. The van der Waals surface area contributed by atoms with E-state index in [1.807, 2.05) is 6.07 Å². The number of hydrogen-bond donors (Lipinski definition) is 1. The molecule has 7 heteroatoms. The van der Waals surface area contributed by atoms with Crippen LogP contribution in [0.5, 0.6) is 0 Å². The fourth-order valence-electron chi connectivity index (χ4n) is 6.59. The summed E-state index contributed by atoms with van der Waals surface area (Å²) < 4.78 is 5.04. The van der Waals surface area contributed by atoms with Gasteiger partial charge in [0.05, 0.1) is 5.69 Å². The highest BCUT2D eigenvalue weighted by Crippen LogP contribution is 2.56. The zero-order valence-electron chi connectivity index (χ0n) is 17.5. The Hall–Kier alpha value is -1.60. The third-order valence-electron chi connectivity index (χ3n) is 8.25. The van der Waals surface area contributed by atoms with Crippen molar-refractivity contribution in [1.82, 2.24) is 19.9 Å². The van der Waals surface area contributed by atoms with Gasteiger partial charge < -0.3 is 14.5 Å². The minimum atomic E-state index is -0.742. The summed E-state index contributed by atoms with van der Waals surface area (Å²) in [5, 5.41) is 13.5. The Morgan fingerprint density at radius 2 is 2.03 bits per heavy atom. The number of carbonyl (C=O) groups is 1. The lowest BCUT2D eigenvalue weighted by atomic mass is 9.54. The Bertz CT molecular complexity index is 714. The Kier molecular flexibility index (Phi) is 5.06. The van der Waals surface area contributed by atoms with E-state index in [-0.39, 0.29) is 5.41 Å². The van der Waals surface area contributed by atoms with Crippen LogP contribution in [0.1, 0.15) is 57.6 Å². The molecule has 160 valence electrons. The second kappa shape index (κ2) is 7.58. The second-order valence-electron chi connectivity index (χ2n) is 9.76. The van der Waals surface area contributed by atoms with Gasteiger partial charge in [-0.15, -0.1) is 0 Å². The molecule has 1 spiro atoms. The molecule has 5 rings (SSSR count). The number of hydrogen-bond acceptors (Lipinski definition) is 5. The topological polar surface area (TPSA) is 73.1 Å². The second-order valence-corrected chi connectivity index (χ2v) is 9.76. The molecule has 0 bridgehead atoms. The third kappa shape index (κ3) is 3.56. The summed E-state index contributed by atoms with van der Waals surface area (Å²) in [5.41, 5.74) is 1.30. The Morgan fingerprint density at radius 1 is 1.28 bits per heavy atom. The standard InChI is InChI=1S/C22H34N4O3/c1-2-19-20(13-22(19)8-11-25(15-22)21(27)28)24-9-5-18(6-10-24)26(17-3-4-17)14-16-7-12-29-23-16/h7,12,17-20H,2-6,8-11,13-15H2,1H3,(H,27,28). The fourth-order valence-corrected chi connectivity index (χ4v) is 6.59. The maximum absolute atomic E-state index is 11.4. The van der Waals surface area contributed by atoms with Gasteiger partial charge in [-0.1, -0.05) is 18.5 Å². The number of amides is 1. The van der Waals surface area contributed by atoms with E-state index >= 15 is 0 Å². The van der Waals surface area contributed by atoms with E-state index in [2.05, 4.69) is 21.9 Å². The summed E-state index contributed by atoms with van der Waals surface area (Å²) in [6, 6.07) is 4.03. The molecule has 1 aromatic heterocycles. The highest BCUT2D eigenvalue weighted by atomic mass is 16.5. The van der Waals surface area contributed by atoms with Gasteiger partial charge in [0.15, 0.2) is 0 Å². The van der Waals surface area contributed by atoms with E-state index in [0.29, 0.717) is 18.0 Å². The van der Waals surface area contributed by atoms with Gasteiger partial charge in [-0.2, -0.15) is 0 Å². The van der Waals surface area contributed by atoms with E-state index in [1.165, 1.54) is 51.6 Å². The smallest absolute Gasteiger partial charge is 0.407 e. The lowest BCUT2D eigenvalue weighted by Gasteiger charge is -2.58. The molecule has 1 aromatic rings. The molecule has 2 saturated carbocycles. The predicted octanol–water partition coefficient (Wildman–Crippen LogP) is 3.27. The summed E-state index contributed by atoms with van der Waals surface area (Å²) in [5.74, 6) is 0.651. The van der Waals surface area contributed by atoms with Crippen LogP contribution < -0.4 is 0 Å². The van der Waals surface area contributed by atoms with Crippen molar-refractivity contribution in [1.29, 1.82) is 0 Å². The Labute approximate surface area is 173 Å². The van der Waals surface area contributed by atoms with E-state index in [1.54, 1.807) is 11.2 Å². The van der Waals surface area contributed by atoms with Crippen LogP contribution in [-0.2, 0) is 6.54 Å². The van der Waals surface area contributed by atoms with E-state index in [4.69, 9.17) is 4.52 Å². The normalized spacial score (nSPS) is 33.5. The van der Waals surface area contributed by atoms with Crippen molar-refractivity contribution >= 4 is 6.09 Å². The van der Waals surface area contributed by atoms with Crippen LogP contribution in [0.25, 0.3) is 0 Å². The van der Waals surface area contributed by atoms with Crippen LogP contribution in [0.4, 0.5) is 4.79 Å². The van der Waals surface area contributed by atoms with Crippen molar-refractivity contribution in [2.75, 3.05) is 26.2 Å². The van der Waals surface area contributed by atoms with Crippen LogP contribution in [-0.4, -0.2) is 75.4 Å². The first-order valence-corrected chi connectivity index (χ1v) is 11.5. The third-order valence-corrected chi connectivity index (χ3v) is 8.25. The average molecular weight is 403 g/mol. The molecular weight excluding hydrogens is 368 g/mol. The molecule has 1 N–H and O–H groups in total. The SMILES string of the molecule is CCC1C(N2CCC(N(Cc3ccon3)C3CC3)CC2)CC12CCN(C(=O)O)C2. The molecular formula is C22H34N4O3. The van der Waals surface area contributed by atoms with Crippen LogP contribution >= 0.6 is 0 Å². The number of nitrogens with zero attached hydrogens (tertiary/aromatic N) is 4. The molecule has 0 aromatic carbocycles. The summed E-state index contributed by atoms with van der Waals surface area (Å²) >= 11 is 0. The molecule has 3 unspecified atom stereocenters. The Balaban J connectivity index is 1.17. The van der Waals surface area contributed by atoms with Gasteiger partial charge in [0, 0.05) is 43.8 Å². The molecule has 4 fully saturated rings. The van der Waals surface area contributed by atoms with Gasteiger partial charge in [-0.05, 0) is 62.9 Å². The van der Waals surface area contributed by atoms with Crippen LogP contribution in [0.2, 0.25) is 0 Å². The number of aromatic nitrogens is 1. The minimum Gasteiger partial charge on any atom is -0.465 e. The zero-order chi connectivity index (χ0) is 20.0. The molecule has 4 aliphatic rings. The summed E-state index contributed by atoms with van der Waals surface area (Å²) in [4.78, 5) is 18.4. The maximum Gasteiger partial charge on any atom is 0.407 e. The van der Waals surface area contributed by atoms with Crippen LogP contribution in [0.3, 0.4) is 0 Å². The van der Waals surface area contributed by atoms with Crippen LogP contribution in [0.15, 0.2) is 16.9 Å².